The van der Waals surface area contributed by atoms with Gasteiger partial charge in [-0.2, -0.15) is 0 Å². The Labute approximate surface area is 63.6 Å². The van der Waals surface area contributed by atoms with E-state index in [0.29, 0.717) is 0 Å². The third kappa shape index (κ3) is 2.86. The van der Waals surface area contributed by atoms with E-state index in [1.54, 1.807) is 0 Å². The highest BCUT2D eigenvalue weighted by Crippen LogP contribution is 2.04. The number of hydrogen-bond acceptors (Lipinski definition) is 2. The number of likely N-dealkylation sites (tertiary alicyclic amines) is 1. The molecule has 1 fully saturated rings. The van der Waals surface area contributed by atoms with Crippen LogP contribution in [0.3, 0.4) is 0 Å². The Morgan fingerprint density at radius 2 is 2.10 bits per heavy atom. The summed E-state index contributed by atoms with van der Waals surface area (Å²) in [5, 5.41) is 3.25. The van der Waals surface area contributed by atoms with Crippen LogP contribution in [-0.2, 0) is 0 Å². The molecule has 2 heteroatoms. The number of likely N-dealkylation sites (N-methyl/N-ethyl adjacent to an activating group) is 2. The van der Waals surface area contributed by atoms with Crippen LogP contribution in [0.15, 0.2) is 0 Å². The van der Waals surface area contributed by atoms with E-state index in [1.165, 1.54) is 19.5 Å². The van der Waals surface area contributed by atoms with Crippen LogP contribution >= 0.6 is 0 Å². The van der Waals surface area contributed by atoms with Crippen molar-refractivity contribution >= 4 is 0 Å². The van der Waals surface area contributed by atoms with Crippen LogP contribution in [0, 0.1) is 12.8 Å². The maximum Gasteiger partial charge on any atom is 0.0204 e. The molecular formula is C8H16N2. The number of terminal acetylenes is 1. The van der Waals surface area contributed by atoms with Gasteiger partial charge in [-0.25, -0.2) is 0 Å². The molecule has 1 aliphatic rings. The van der Waals surface area contributed by atoms with Gasteiger partial charge in [0.25, 0.3) is 0 Å². The molecular weight excluding hydrogens is 124 g/mol. The quantitative estimate of drug-likeness (QED) is 0.522. The molecule has 1 heterocycles. The molecule has 0 aromatic heterocycles. The first-order valence-corrected chi connectivity index (χ1v) is 3.52. The molecule has 0 saturated carbocycles. The second-order valence-corrected chi connectivity index (χ2v) is 2.54. The summed E-state index contributed by atoms with van der Waals surface area (Å²) >= 11 is 0. The summed E-state index contributed by atoms with van der Waals surface area (Å²) < 4.78 is 0. The van der Waals surface area contributed by atoms with Gasteiger partial charge in [0.15, 0.2) is 0 Å². The summed E-state index contributed by atoms with van der Waals surface area (Å²) in [6, 6.07) is 0.750. The van der Waals surface area contributed by atoms with E-state index in [9.17, 15) is 0 Å². The third-order valence-corrected chi connectivity index (χ3v) is 1.80. The minimum Gasteiger partial charge on any atom is -0.316 e. The van der Waals surface area contributed by atoms with Crippen molar-refractivity contribution in [3.63, 3.8) is 0 Å². The number of nitrogens with zero attached hydrogens (tertiary/aromatic N) is 1. The minimum atomic E-state index is 0.750. The zero-order valence-corrected chi connectivity index (χ0v) is 6.80. The SMILES string of the molecule is C#C.CNC1CCN(C)C1. The van der Waals surface area contributed by atoms with Crippen molar-refractivity contribution in [1.29, 1.82) is 0 Å². The van der Waals surface area contributed by atoms with Crippen LogP contribution in [-0.4, -0.2) is 38.1 Å². The lowest BCUT2D eigenvalue weighted by Gasteiger charge is -2.07. The van der Waals surface area contributed by atoms with E-state index in [2.05, 4.69) is 30.1 Å². The Kier molecular flexibility index (Phi) is 5.00. The van der Waals surface area contributed by atoms with Gasteiger partial charge in [0.2, 0.25) is 0 Å². The molecule has 2 nitrogen and oxygen atoms in total. The normalized spacial score (nSPS) is 25.4. The fourth-order valence-corrected chi connectivity index (χ4v) is 1.17. The molecule has 0 aliphatic carbocycles. The zero-order valence-electron chi connectivity index (χ0n) is 6.80. The highest BCUT2D eigenvalue weighted by Gasteiger charge is 2.16. The van der Waals surface area contributed by atoms with E-state index in [-0.39, 0.29) is 0 Å². The predicted molar refractivity (Wildman–Crippen MR) is 44.9 cm³/mol. The van der Waals surface area contributed by atoms with Gasteiger partial charge in [-0.1, -0.05) is 0 Å². The van der Waals surface area contributed by atoms with Gasteiger partial charge in [0.05, 0.1) is 0 Å². The molecule has 0 radical (unpaired) electrons. The summed E-state index contributed by atoms with van der Waals surface area (Å²) in [6.07, 6.45) is 9.31. The smallest absolute Gasteiger partial charge is 0.0204 e. The molecule has 0 bridgehead atoms. The van der Waals surface area contributed by atoms with Gasteiger partial charge < -0.3 is 10.2 Å². The van der Waals surface area contributed by atoms with E-state index in [4.69, 9.17) is 0 Å². The van der Waals surface area contributed by atoms with Crippen LogP contribution in [0.1, 0.15) is 6.42 Å². The largest absolute Gasteiger partial charge is 0.316 e. The van der Waals surface area contributed by atoms with Crippen molar-refractivity contribution in [3.05, 3.63) is 0 Å². The molecule has 1 unspecified atom stereocenters. The number of nitrogens with one attached hydrogen (secondary N) is 1. The summed E-state index contributed by atoms with van der Waals surface area (Å²) in [7, 11) is 4.20. The summed E-state index contributed by atoms with van der Waals surface area (Å²) in [5.41, 5.74) is 0. The molecule has 58 valence electrons. The lowest BCUT2D eigenvalue weighted by Crippen LogP contribution is -2.27. The first kappa shape index (κ1) is 9.48. The van der Waals surface area contributed by atoms with Gasteiger partial charge in [0.1, 0.15) is 0 Å². The molecule has 1 saturated heterocycles. The van der Waals surface area contributed by atoms with E-state index in [0.717, 1.165) is 6.04 Å². The Balaban J connectivity index is 0.000000371. The molecule has 0 aromatic carbocycles. The highest BCUT2D eigenvalue weighted by molar-refractivity contribution is 4.76. The monoisotopic (exact) mass is 140 g/mol. The van der Waals surface area contributed by atoms with Crippen LogP contribution in [0.4, 0.5) is 0 Å². The highest BCUT2D eigenvalue weighted by atomic mass is 15.2. The fourth-order valence-electron chi connectivity index (χ4n) is 1.17. The van der Waals surface area contributed by atoms with Crippen molar-refractivity contribution in [3.8, 4) is 12.8 Å². The van der Waals surface area contributed by atoms with Crippen LogP contribution in [0.2, 0.25) is 0 Å². The molecule has 1 aliphatic heterocycles. The molecule has 10 heavy (non-hydrogen) atoms. The average Bonchev–Trinajstić information content (AvgIpc) is 2.40. The van der Waals surface area contributed by atoms with Crippen molar-refractivity contribution in [2.24, 2.45) is 0 Å². The Morgan fingerprint density at radius 3 is 2.30 bits per heavy atom. The van der Waals surface area contributed by atoms with Crippen LogP contribution in [0.25, 0.3) is 0 Å². The van der Waals surface area contributed by atoms with E-state index >= 15 is 0 Å². The molecule has 1 atom stereocenters. The summed E-state index contributed by atoms with van der Waals surface area (Å²) in [4.78, 5) is 2.35. The van der Waals surface area contributed by atoms with Crippen molar-refractivity contribution in [1.82, 2.24) is 10.2 Å². The minimum absolute atomic E-state index is 0.750. The maximum absolute atomic E-state index is 4.00. The topological polar surface area (TPSA) is 15.3 Å². The number of hydrogen-bond donors (Lipinski definition) is 1. The van der Waals surface area contributed by atoms with Crippen molar-refractivity contribution in [2.75, 3.05) is 27.2 Å². The van der Waals surface area contributed by atoms with Crippen LogP contribution < -0.4 is 5.32 Å². The second kappa shape index (κ2) is 5.28. The van der Waals surface area contributed by atoms with E-state index in [1.807, 2.05) is 7.05 Å². The van der Waals surface area contributed by atoms with Gasteiger partial charge in [0, 0.05) is 12.6 Å². The van der Waals surface area contributed by atoms with Gasteiger partial charge >= 0.3 is 0 Å². The molecule has 0 amide bonds. The van der Waals surface area contributed by atoms with Gasteiger partial charge in [-0.05, 0) is 27.1 Å². The Hall–Kier alpha value is -0.520. The predicted octanol–water partition coefficient (Wildman–Crippen LogP) is 0.159. The summed E-state index contributed by atoms with van der Waals surface area (Å²) in [5.74, 6) is 0. The fraction of sp³-hybridized carbons (Fsp3) is 0.750. The molecule has 1 rings (SSSR count). The van der Waals surface area contributed by atoms with Crippen molar-refractivity contribution in [2.45, 2.75) is 12.5 Å². The maximum atomic E-state index is 4.00. The lowest BCUT2D eigenvalue weighted by atomic mass is 10.3. The Bertz CT molecular complexity index is 98.7. The van der Waals surface area contributed by atoms with E-state index < -0.39 is 0 Å². The molecule has 1 N–H and O–H groups in total. The molecule has 0 spiro atoms. The third-order valence-electron chi connectivity index (χ3n) is 1.80. The van der Waals surface area contributed by atoms with Gasteiger partial charge in [-0.3, -0.25) is 0 Å². The Morgan fingerprint density at radius 1 is 1.50 bits per heavy atom. The summed E-state index contributed by atoms with van der Waals surface area (Å²) in [6.45, 7) is 2.47. The zero-order chi connectivity index (χ0) is 7.98. The average molecular weight is 140 g/mol. The van der Waals surface area contributed by atoms with Crippen LogP contribution in [0.5, 0.6) is 0 Å². The first-order valence-electron chi connectivity index (χ1n) is 3.52. The molecule has 0 aromatic rings. The second-order valence-electron chi connectivity index (χ2n) is 2.54. The lowest BCUT2D eigenvalue weighted by molar-refractivity contribution is 0.403. The standard InChI is InChI=1S/C6H14N2.C2H2/c1-7-6-3-4-8(2)5-6;1-2/h6-7H,3-5H2,1-2H3;1-2H. The number of rotatable bonds is 1. The van der Waals surface area contributed by atoms with Crippen molar-refractivity contribution < 1.29 is 0 Å². The first-order chi connectivity index (χ1) is 4.83. The van der Waals surface area contributed by atoms with Gasteiger partial charge in [-0.15, -0.1) is 12.8 Å².